The molecule has 6 rings (SSSR count). The number of aromatic nitrogens is 2. The van der Waals surface area contributed by atoms with E-state index >= 15 is 0 Å². The number of nitrogens with zero attached hydrogens (tertiary/aromatic N) is 1. The minimum Gasteiger partial charge on any atom is -0.360 e. The average Bonchev–Trinajstić information content (AvgIpc) is 3.48. The molecule has 0 unspecified atom stereocenters. The Morgan fingerprint density at radius 1 is 0.886 bits per heavy atom. The molecule has 6 nitrogen and oxygen atoms in total. The number of carbonyl (C=O) groups excluding carboxylic acids is 1. The Kier molecular flexibility index (Phi) is 9.14. The fourth-order valence-corrected chi connectivity index (χ4v) is 5.54. The van der Waals surface area contributed by atoms with Crippen molar-refractivity contribution in [2.75, 3.05) is 13.1 Å². The standard InChI is InChI=1S/C37H32BrN5O/c38-29-13-15-34-31(20-29)33(24-41-34)36-21-32(37(44)42-23-28-10-8-27(22-39)9-11-28)30-19-26(12-14-35(30)43-36)7-4-17-40-18-16-25-5-2-1-3-6-25/h1-3,5-6,8-15,19-21,24,40-41H,16-18,22-23,39H2,(H,42,44). The molecule has 0 spiro atoms. The maximum atomic E-state index is 13.7. The molecule has 0 aliphatic rings. The number of H-pyrrole nitrogens is 1. The summed E-state index contributed by atoms with van der Waals surface area (Å²) in [5.41, 5.74) is 13.9. The number of halogens is 1. The van der Waals surface area contributed by atoms with Crippen molar-refractivity contribution in [1.82, 2.24) is 20.6 Å². The van der Waals surface area contributed by atoms with Crippen LogP contribution in [0, 0.1) is 11.8 Å². The fourth-order valence-electron chi connectivity index (χ4n) is 5.18. The van der Waals surface area contributed by atoms with E-state index in [1.54, 1.807) is 0 Å². The average molecular weight is 643 g/mol. The summed E-state index contributed by atoms with van der Waals surface area (Å²) >= 11 is 3.58. The third kappa shape index (κ3) is 6.90. The molecule has 7 heteroatoms. The van der Waals surface area contributed by atoms with Gasteiger partial charge >= 0.3 is 0 Å². The molecule has 6 aromatic rings. The Hall–Kier alpha value is -4.74. The highest BCUT2D eigenvalue weighted by Gasteiger charge is 2.17. The Labute approximate surface area is 265 Å². The maximum Gasteiger partial charge on any atom is 0.252 e. The predicted molar refractivity (Wildman–Crippen MR) is 182 cm³/mol. The third-order valence-corrected chi connectivity index (χ3v) is 8.06. The van der Waals surface area contributed by atoms with Crippen LogP contribution in [-0.2, 0) is 19.5 Å². The van der Waals surface area contributed by atoms with Crippen molar-refractivity contribution < 1.29 is 4.79 Å². The molecular formula is C37H32BrN5O. The van der Waals surface area contributed by atoms with E-state index < -0.39 is 0 Å². The number of hydrogen-bond acceptors (Lipinski definition) is 4. The van der Waals surface area contributed by atoms with E-state index in [1.165, 1.54) is 5.56 Å². The van der Waals surface area contributed by atoms with Crippen molar-refractivity contribution in [1.29, 1.82) is 0 Å². The largest absolute Gasteiger partial charge is 0.360 e. The Balaban J connectivity index is 1.28. The Morgan fingerprint density at radius 3 is 2.52 bits per heavy atom. The van der Waals surface area contributed by atoms with Gasteiger partial charge in [0.25, 0.3) is 5.91 Å². The molecule has 2 aromatic heterocycles. The molecule has 218 valence electrons. The summed E-state index contributed by atoms with van der Waals surface area (Å²) in [4.78, 5) is 22.0. The highest BCUT2D eigenvalue weighted by atomic mass is 79.9. The summed E-state index contributed by atoms with van der Waals surface area (Å²) < 4.78 is 0.975. The van der Waals surface area contributed by atoms with Crippen LogP contribution in [0.15, 0.2) is 108 Å². The van der Waals surface area contributed by atoms with E-state index in [2.05, 4.69) is 73.7 Å². The second kappa shape index (κ2) is 13.7. The molecule has 0 bridgehead atoms. The van der Waals surface area contributed by atoms with Crippen molar-refractivity contribution in [3.63, 3.8) is 0 Å². The van der Waals surface area contributed by atoms with E-state index in [-0.39, 0.29) is 5.91 Å². The van der Waals surface area contributed by atoms with Gasteiger partial charge in [-0.2, -0.15) is 0 Å². The number of pyridine rings is 1. The number of fused-ring (bicyclic) bond motifs is 2. The molecule has 0 saturated heterocycles. The number of nitrogens with one attached hydrogen (secondary N) is 3. The fraction of sp³-hybridized carbons (Fsp3) is 0.135. The van der Waals surface area contributed by atoms with E-state index in [1.807, 2.05) is 72.9 Å². The van der Waals surface area contributed by atoms with Crippen LogP contribution in [0.1, 0.15) is 32.6 Å². The molecule has 2 heterocycles. The zero-order chi connectivity index (χ0) is 30.3. The van der Waals surface area contributed by atoms with Crippen LogP contribution in [0.3, 0.4) is 0 Å². The lowest BCUT2D eigenvalue weighted by molar-refractivity contribution is 0.0952. The minimum absolute atomic E-state index is 0.171. The second-order valence-electron chi connectivity index (χ2n) is 10.6. The monoisotopic (exact) mass is 641 g/mol. The van der Waals surface area contributed by atoms with Gasteiger partial charge < -0.3 is 21.4 Å². The molecule has 0 saturated carbocycles. The summed E-state index contributed by atoms with van der Waals surface area (Å²) in [5.74, 6) is 6.30. The highest BCUT2D eigenvalue weighted by molar-refractivity contribution is 9.10. The molecule has 1 amide bonds. The van der Waals surface area contributed by atoms with Crippen LogP contribution in [0.5, 0.6) is 0 Å². The number of nitrogens with two attached hydrogens (primary N) is 1. The van der Waals surface area contributed by atoms with Crippen molar-refractivity contribution >= 4 is 43.6 Å². The number of benzene rings is 4. The number of aromatic amines is 1. The van der Waals surface area contributed by atoms with E-state index in [0.29, 0.717) is 25.2 Å². The van der Waals surface area contributed by atoms with Gasteiger partial charge in [0, 0.05) is 57.7 Å². The van der Waals surface area contributed by atoms with Crippen molar-refractivity contribution in [2.45, 2.75) is 19.5 Å². The first-order valence-electron chi connectivity index (χ1n) is 14.6. The van der Waals surface area contributed by atoms with E-state index in [4.69, 9.17) is 10.7 Å². The number of hydrogen-bond donors (Lipinski definition) is 4. The SMILES string of the molecule is NCc1ccc(CNC(=O)c2cc(-c3c[nH]c4ccc(Br)cc34)nc3ccc(C#CCNCCc4ccccc4)cc23)cc1. The smallest absolute Gasteiger partial charge is 0.252 e. The molecule has 0 aliphatic carbocycles. The summed E-state index contributed by atoms with van der Waals surface area (Å²) in [6, 6.07) is 32.2. The first-order valence-corrected chi connectivity index (χ1v) is 15.4. The van der Waals surface area contributed by atoms with Gasteiger partial charge in [-0.25, -0.2) is 4.98 Å². The number of rotatable bonds is 9. The zero-order valence-corrected chi connectivity index (χ0v) is 25.7. The second-order valence-corrected chi connectivity index (χ2v) is 11.5. The molecule has 0 radical (unpaired) electrons. The topological polar surface area (TPSA) is 95.8 Å². The van der Waals surface area contributed by atoms with Gasteiger partial charge in [0.1, 0.15) is 0 Å². The molecule has 44 heavy (non-hydrogen) atoms. The van der Waals surface area contributed by atoms with E-state index in [9.17, 15) is 4.79 Å². The summed E-state index contributed by atoms with van der Waals surface area (Å²) in [5, 5.41) is 8.28. The van der Waals surface area contributed by atoms with Gasteiger partial charge in [-0.1, -0.05) is 82.4 Å². The first kappa shape index (κ1) is 29.3. The molecule has 0 aliphatic heterocycles. The van der Waals surface area contributed by atoms with Gasteiger partial charge in [0.05, 0.1) is 23.3 Å². The zero-order valence-electron chi connectivity index (χ0n) is 24.2. The lowest BCUT2D eigenvalue weighted by atomic mass is 10.0. The quantitative estimate of drug-likeness (QED) is 0.104. The van der Waals surface area contributed by atoms with Gasteiger partial charge in [-0.15, -0.1) is 0 Å². The molecule has 0 atom stereocenters. The van der Waals surface area contributed by atoms with Crippen molar-refractivity contribution in [3.8, 4) is 23.1 Å². The number of amides is 1. The van der Waals surface area contributed by atoms with Gasteiger partial charge in [0.2, 0.25) is 0 Å². The van der Waals surface area contributed by atoms with Crippen LogP contribution in [0.2, 0.25) is 0 Å². The normalized spacial score (nSPS) is 11.0. The summed E-state index contributed by atoms with van der Waals surface area (Å²) in [6.45, 7) is 2.32. The molecule has 4 aromatic carbocycles. The Bertz CT molecular complexity index is 1990. The minimum atomic E-state index is -0.171. The van der Waals surface area contributed by atoms with Crippen LogP contribution >= 0.6 is 15.9 Å². The van der Waals surface area contributed by atoms with Crippen molar-refractivity contribution in [3.05, 3.63) is 136 Å². The first-order chi connectivity index (χ1) is 21.6. The van der Waals surface area contributed by atoms with Crippen LogP contribution < -0.4 is 16.4 Å². The van der Waals surface area contributed by atoms with Crippen LogP contribution in [-0.4, -0.2) is 29.0 Å². The van der Waals surface area contributed by atoms with Gasteiger partial charge in [0.15, 0.2) is 0 Å². The van der Waals surface area contributed by atoms with Crippen LogP contribution in [0.25, 0.3) is 33.1 Å². The lowest BCUT2D eigenvalue weighted by Gasteiger charge is -2.11. The van der Waals surface area contributed by atoms with Gasteiger partial charge in [-0.05, 0) is 65.6 Å². The van der Waals surface area contributed by atoms with Crippen molar-refractivity contribution in [2.24, 2.45) is 5.73 Å². The highest BCUT2D eigenvalue weighted by Crippen LogP contribution is 2.32. The summed E-state index contributed by atoms with van der Waals surface area (Å²) in [6.07, 6.45) is 2.89. The van der Waals surface area contributed by atoms with E-state index in [0.717, 1.165) is 67.2 Å². The molecular weight excluding hydrogens is 610 g/mol. The summed E-state index contributed by atoms with van der Waals surface area (Å²) in [7, 11) is 0. The molecule has 5 N–H and O–H groups in total. The molecule has 0 fully saturated rings. The lowest BCUT2D eigenvalue weighted by Crippen LogP contribution is -2.23. The number of carbonyl (C=O) groups is 1. The van der Waals surface area contributed by atoms with Gasteiger partial charge in [-0.3, -0.25) is 4.79 Å². The maximum absolute atomic E-state index is 13.7. The van der Waals surface area contributed by atoms with Crippen LogP contribution in [0.4, 0.5) is 0 Å². The predicted octanol–water partition coefficient (Wildman–Crippen LogP) is 6.72. The Morgan fingerprint density at radius 2 is 1.70 bits per heavy atom. The third-order valence-electron chi connectivity index (χ3n) is 7.56.